The lowest BCUT2D eigenvalue weighted by Crippen LogP contribution is -2.02. The summed E-state index contributed by atoms with van der Waals surface area (Å²) in [5, 5.41) is 8.78. The summed E-state index contributed by atoms with van der Waals surface area (Å²) in [7, 11) is 0. The molecule has 0 radical (unpaired) electrons. The molecule has 0 saturated carbocycles. The molecule has 0 saturated heterocycles. The zero-order valence-electron chi connectivity index (χ0n) is 7.89. The first-order chi connectivity index (χ1) is 7.24. The van der Waals surface area contributed by atoms with Crippen LogP contribution in [0.25, 0.3) is 11.2 Å². The minimum absolute atomic E-state index is 0.132. The molecular formula is C8H10BrN5O. The van der Waals surface area contributed by atoms with Gasteiger partial charge in [0.1, 0.15) is 6.33 Å². The van der Waals surface area contributed by atoms with E-state index in [0.29, 0.717) is 34.7 Å². The summed E-state index contributed by atoms with van der Waals surface area (Å²) in [4.78, 5) is 12.2. The number of anilines is 1. The second kappa shape index (κ2) is 4.11. The van der Waals surface area contributed by atoms with Gasteiger partial charge in [-0.2, -0.15) is 0 Å². The molecule has 2 heterocycles. The van der Waals surface area contributed by atoms with Crippen molar-refractivity contribution in [3.05, 3.63) is 11.1 Å². The molecule has 0 amide bonds. The van der Waals surface area contributed by atoms with Gasteiger partial charge < -0.3 is 15.4 Å². The predicted octanol–water partition coefficient (Wildman–Crippen LogP) is 0.553. The van der Waals surface area contributed by atoms with Crippen molar-refractivity contribution in [2.45, 2.75) is 13.0 Å². The summed E-state index contributed by atoms with van der Waals surface area (Å²) >= 11 is 3.32. The second-order valence-corrected chi connectivity index (χ2v) is 3.75. The molecule has 7 heteroatoms. The van der Waals surface area contributed by atoms with E-state index in [9.17, 15) is 0 Å². The van der Waals surface area contributed by atoms with Crippen LogP contribution in [0.2, 0.25) is 0 Å². The third kappa shape index (κ3) is 1.80. The van der Waals surface area contributed by atoms with Crippen LogP contribution < -0.4 is 5.73 Å². The SMILES string of the molecule is Nc1ncnc2c1nc(Br)n2CCCO. The predicted molar refractivity (Wildman–Crippen MR) is 59.1 cm³/mol. The number of fused-ring (bicyclic) bond motifs is 1. The molecule has 2 aromatic rings. The number of aryl methyl sites for hydroxylation is 1. The summed E-state index contributed by atoms with van der Waals surface area (Å²) < 4.78 is 2.50. The van der Waals surface area contributed by atoms with Crippen LogP contribution in [0, 0.1) is 0 Å². The van der Waals surface area contributed by atoms with Gasteiger partial charge in [-0.3, -0.25) is 0 Å². The standard InChI is InChI=1S/C8H10BrN5O/c9-8-13-5-6(10)11-4-12-7(5)14(8)2-1-3-15/h4,15H,1-3H2,(H2,10,11,12). The molecule has 0 aliphatic heterocycles. The van der Waals surface area contributed by atoms with E-state index < -0.39 is 0 Å². The van der Waals surface area contributed by atoms with Crippen LogP contribution >= 0.6 is 15.9 Å². The summed E-state index contributed by atoms with van der Waals surface area (Å²) in [6.45, 7) is 0.775. The summed E-state index contributed by atoms with van der Waals surface area (Å²) in [5.41, 5.74) is 6.94. The maximum atomic E-state index is 8.78. The number of aromatic nitrogens is 4. The number of hydrogen-bond donors (Lipinski definition) is 2. The zero-order valence-corrected chi connectivity index (χ0v) is 9.48. The number of aliphatic hydroxyl groups excluding tert-OH is 1. The van der Waals surface area contributed by atoms with Crippen LogP contribution in [0.3, 0.4) is 0 Å². The molecule has 6 nitrogen and oxygen atoms in total. The minimum atomic E-state index is 0.132. The van der Waals surface area contributed by atoms with E-state index >= 15 is 0 Å². The molecule has 2 rings (SSSR count). The minimum Gasteiger partial charge on any atom is -0.396 e. The molecule has 0 atom stereocenters. The Kier molecular flexibility index (Phi) is 2.83. The molecule has 0 aliphatic carbocycles. The zero-order chi connectivity index (χ0) is 10.8. The Hall–Kier alpha value is -1.21. The summed E-state index contributed by atoms with van der Waals surface area (Å²) in [6.07, 6.45) is 2.05. The fourth-order valence-corrected chi connectivity index (χ4v) is 1.88. The summed E-state index contributed by atoms with van der Waals surface area (Å²) in [6, 6.07) is 0. The highest BCUT2D eigenvalue weighted by atomic mass is 79.9. The molecule has 0 fully saturated rings. The number of nitrogens with zero attached hydrogens (tertiary/aromatic N) is 4. The molecule has 0 spiro atoms. The first-order valence-corrected chi connectivity index (χ1v) is 5.26. The Bertz CT molecular complexity index is 483. The van der Waals surface area contributed by atoms with Crippen LogP contribution in [0.4, 0.5) is 5.82 Å². The Morgan fingerprint density at radius 2 is 2.27 bits per heavy atom. The van der Waals surface area contributed by atoms with Gasteiger partial charge in [0.2, 0.25) is 0 Å². The lowest BCUT2D eigenvalue weighted by molar-refractivity contribution is 0.280. The average Bonchev–Trinajstić information content (AvgIpc) is 2.54. The third-order valence-electron chi connectivity index (χ3n) is 2.05. The first kappa shape index (κ1) is 10.3. The Morgan fingerprint density at radius 3 is 3.00 bits per heavy atom. The number of rotatable bonds is 3. The van der Waals surface area contributed by atoms with Crippen LogP contribution in [-0.2, 0) is 6.54 Å². The van der Waals surface area contributed by atoms with Gasteiger partial charge in [-0.25, -0.2) is 15.0 Å². The van der Waals surface area contributed by atoms with E-state index in [0.717, 1.165) is 0 Å². The van der Waals surface area contributed by atoms with Crippen molar-refractivity contribution in [2.75, 3.05) is 12.3 Å². The van der Waals surface area contributed by atoms with Gasteiger partial charge >= 0.3 is 0 Å². The van der Waals surface area contributed by atoms with E-state index in [1.807, 2.05) is 4.57 Å². The smallest absolute Gasteiger partial charge is 0.179 e. The molecule has 2 aromatic heterocycles. The van der Waals surface area contributed by atoms with Gasteiger partial charge in [-0.1, -0.05) is 0 Å². The molecule has 3 N–H and O–H groups in total. The van der Waals surface area contributed by atoms with Gasteiger partial charge in [0, 0.05) is 13.2 Å². The molecule has 0 aromatic carbocycles. The second-order valence-electron chi connectivity index (χ2n) is 3.04. The molecule has 80 valence electrons. The number of imidazole rings is 1. The molecule has 0 bridgehead atoms. The van der Waals surface area contributed by atoms with Gasteiger partial charge in [0.25, 0.3) is 0 Å². The average molecular weight is 272 g/mol. The number of aliphatic hydroxyl groups is 1. The summed E-state index contributed by atoms with van der Waals surface area (Å²) in [5.74, 6) is 0.364. The van der Waals surface area contributed by atoms with Crippen molar-refractivity contribution in [2.24, 2.45) is 0 Å². The third-order valence-corrected chi connectivity index (χ3v) is 2.66. The highest BCUT2D eigenvalue weighted by Gasteiger charge is 2.11. The normalized spacial score (nSPS) is 11.1. The Labute approximate surface area is 94.3 Å². The number of hydrogen-bond acceptors (Lipinski definition) is 5. The maximum absolute atomic E-state index is 8.78. The van der Waals surface area contributed by atoms with Gasteiger partial charge in [-0.15, -0.1) is 0 Å². The highest BCUT2D eigenvalue weighted by Crippen LogP contribution is 2.21. The van der Waals surface area contributed by atoms with E-state index in [1.165, 1.54) is 6.33 Å². The van der Waals surface area contributed by atoms with Crippen molar-refractivity contribution in [3.8, 4) is 0 Å². The first-order valence-electron chi connectivity index (χ1n) is 4.47. The Balaban J connectivity index is 2.53. The van der Waals surface area contributed by atoms with Gasteiger partial charge in [0.15, 0.2) is 21.7 Å². The lowest BCUT2D eigenvalue weighted by Gasteiger charge is -2.02. The fourth-order valence-electron chi connectivity index (χ4n) is 1.35. The topological polar surface area (TPSA) is 89.9 Å². The van der Waals surface area contributed by atoms with Crippen LogP contribution in [0.5, 0.6) is 0 Å². The van der Waals surface area contributed by atoms with Crippen LogP contribution in [0.1, 0.15) is 6.42 Å². The Morgan fingerprint density at radius 1 is 1.47 bits per heavy atom. The van der Waals surface area contributed by atoms with E-state index in [1.54, 1.807) is 0 Å². The van der Waals surface area contributed by atoms with Gasteiger partial charge in [-0.05, 0) is 22.4 Å². The molecule has 0 unspecified atom stereocenters. The number of nitrogen functional groups attached to an aromatic ring is 1. The molecule has 0 aliphatic rings. The van der Waals surface area contributed by atoms with E-state index in [-0.39, 0.29) is 6.61 Å². The van der Waals surface area contributed by atoms with Crippen LogP contribution in [-0.4, -0.2) is 31.2 Å². The quantitative estimate of drug-likeness (QED) is 0.796. The molecule has 15 heavy (non-hydrogen) atoms. The van der Waals surface area contributed by atoms with Crippen molar-refractivity contribution < 1.29 is 5.11 Å². The van der Waals surface area contributed by atoms with Crippen LogP contribution in [0.15, 0.2) is 11.1 Å². The number of nitrogens with two attached hydrogens (primary N) is 1. The fraction of sp³-hybridized carbons (Fsp3) is 0.375. The molecular weight excluding hydrogens is 262 g/mol. The van der Waals surface area contributed by atoms with E-state index in [2.05, 4.69) is 30.9 Å². The lowest BCUT2D eigenvalue weighted by atomic mass is 10.4. The number of halogens is 1. The van der Waals surface area contributed by atoms with Gasteiger partial charge in [0.05, 0.1) is 0 Å². The van der Waals surface area contributed by atoms with Crippen molar-refractivity contribution in [1.29, 1.82) is 0 Å². The largest absolute Gasteiger partial charge is 0.396 e. The maximum Gasteiger partial charge on any atom is 0.179 e. The van der Waals surface area contributed by atoms with Crippen molar-refractivity contribution >= 4 is 32.9 Å². The van der Waals surface area contributed by atoms with Crippen molar-refractivity contribution in [3.63, 3.8) is 0 Å². The van der Waals surface area contributed by atoms with E-state index in [4.69, 9.17) is 10.8 Å². The monoisotopic (exact) mass is 271 g/mol. The van der Waals surface area contributed by atoms with Crippen molar-refractivity contribution in [1.82, 2.24) is 19.5 Å². The highest BCUT2D eigenvalue weighted by molar-refractivity contribution is 9.10.